The molecule has 10 heteroatoms. The van der Waals surface area contributed by atoms with Crippen LogP contribution in [0.3, 0.4) is 0 Å². The second-order valence-electron chi connectivity index (χ2n) is 12.9. The number of morpholine rings is 1. The number of aryl methyl sites for hydroxylation is 1. The molecule has 0 spiro atoms. The average Bonchev–Trinajstić information content (AvgIpc) is 3.81. The van der Waals surface area contributed by atoms with E-state index in [1.165, 1.54) is 0 Å². The number of hydrogen-bond donors (Lipinski definition) is 2. The maximum Gasteiger partial charge on any atom is 0.249 e. The molecule has 240 valence electrons. The number of carbonyl (C=O) groups excluding carboxylic acids is 1. The fourth-order valence-corrected chi connectivity index (χ4v) is 8.14. The van der Waals surface area contributed by atoms with Crippen molar-refractivity contribution in [2.24, 2.45) is 5.92 Å². The molecule has 2 aromatic heterocycles. The van der Waals surface area contributed by atoms with Gasteiger partial charge in [-0.25, -0.2) is 9.37 Å². The zero-order valence-electron chi connectivity index (χ0n) is 26.4. The number of benzene rings is 3. The van der Waals surface area contributed by atoms with Crippen LogP contribution in [0.2, 0.25) is 0 Å². The molecule has 47 heavy (non-hydrogen) atoms. The van der Waals surface area contributed by atoms with Crippen LogP contribution < -0.4 is 10.1 Å². The molecule has 9 nitrogen and oxygen atoms in total. The lowest BCUT2D eigenvalue weighted by Crippen LogP contribution is -2.45. The van der Waals surface area contributed by atoms with Gasteiger partial charge < -0.3 is 29.4 Å². The third-order valence-corrected chi connectivity index (χ3v) is 10.3. The first-order valence-electron chi connectivity index (χ1n) is 16.4. The maximum absolute atomic E-state index is 17.4. The van der Waals surface area contributed by atoms with Crippen molar-refractivity contribution in [3.05, 3.63) is 65.6 Å². The fraction of sp³-hybridized carbons (Fsp3) is 0.378. The summed E-state index contributed by atoms with van der Waals surface area (Å²) in [6, 6.07) is 17.2. The predicted molar refractivity (Wildman–Crippen MR) is 177 cm³/mol. The number of amides is 1. The van der Waals surface area contributed by atoms with E-state index in [0.717, 1.165) is 40.3 Å². The first kappa shape index (κ1) is 29.7. The van der Waals surface area contributed by atoms with Crippen molar-refractivity contribution in [2.75, 3.05) is 32.9 Å². The van der Waals surface area contributed by atoms with Crippen molar-refractivity contribution < 1.29 is 23.8 Å². The molecule has 3 saturated heterocycles. The number of aromatic hydroxyl groups is 1. The average molecular weight is 634 g/mol. The lowest BCUT2D eigenvalue weighted by Gasteiger charge is -2.40. The first-order chi connectivity index (χ1) is 22.9. The van der Waals surface area contributed by atoms with Crippen LogP contribution in [0.1, 0.15) is 50.0 Å². The lowest BCUT2D eigenvalue weighted by atomic mass is 9.79. The number of rotatable bonds is 8. The van der Waals surface area contributed by atoms with E-state index < -0.39 is 5.82 Å². The highest BCUT2D eigenvalue weighted by Gasteiger charge is 2.49. The smallest absolute Gasteiger partial charge is 0.249 e. The molecule has 1 saturated carbocycles. The lowest BCUT2D eigenvalue weighted by molar-refractivity contribution is -0.145. The quantitative estimate of drug-likeness (QED) is 0.210. The van der Waals surface area contributed by atoms with E-state index in [0.29, 0.717) is 60.1 Å². The summed E-state index contributed by atoms with van der Waals surface area (Å²) in [5, 5.41) is 27.0. The SMILES string of the molecule is CCOc1nc2c(F)c(-c3cc(O)cc4ccccc34)c(CCC#N)cc2c2c1cc(C(C)N1CCOCC1=O)n2[C@H]1[C@H]2CN[C@@H]1C2. The van der Waals surface area contributed by atoms with Crippen molar-refractivity contribution in [1.29, 1.82) is 5.26 Å². The van der Waals surface area contributed by atoms with Crippen LogP contribution in [-0.4, -0.2) is 64.4 Å². The molecular formula is C37H36FN5O4. The molecule has 9 rings (SSSR count). The van der Waals surface area contributed by atoms with Gasteiger partial charge in [-0.3, -0.25) is 4.79 Å². The molecule has 3 aliphatic heterocycles. The molecule has 0 radical (unpaired) electrons. The molecular weight excluding hydrogens is 597 g/mol. The molecule has 2 N–H and O–H groups in total. The zero-order chi connectivity index (χ0) is 32.4. The minimum Gasteiger partial charge on any atom is -0.508 e. The normalized spacial score (nSPS) is 21.4. The van der Waals surface area contributed by atoms with Crippen molar-refractivity contribution in [2.45, 2.75) is 51.2 Å². The first-order valence-corrected chi connectivity index (χ1v) is 16.4. The molecule has 1 amide bonds. The number of phenolic OH excluding ortho intramolecular Hbond substituents is 1. The van der Waals surface area contributed by atoms with Crippen molar-refractivity contribution >= 4 is 38.5 Å². The highest BCUT2D eigenvalue weighted by Crippen LogP contribution is 2.50. The highest BCUT2D eigenvalue weighted by molar-refractivity contribution is 6.10. The Morgan fingerprint density at radius 1 is 1.21 bits per heavy atom. The van der Waals surface area contributed by atoms with Crippen LogP contribution >= 0.6 is 0 Å². The molecule has 5 heterocycles. The number of ether oxygens (including phenoxy) is 2. The third kappa shape index (κ3) is 4.63. The minimum absolute atomic E-state index is 0.0287. The number of halogens is 1. The van der Waals surface area contributed by atoms with Crippen molar-refractivity contribution in [3.8, 4) is 28.8 Å². The molecule has 4 atom stereocenters. The van der Waals surface area contributed by atoms with Crippen LogP contribution in [0.4, 0.5) is 4.39 Å². The van der Waals surface area contributed by atoms with Crippen LogP contribution in [0, 0.1) is 23.1 Å². The number of phenols is 1. The standard InChI is InChI=1S/C37H36FN5O4/c1-3-47-37-28-17-30(20(2)42-11-12-46-19-31(42)45)43(35-23-15-29(35)40-18-23)36(28)27-14-22(8-6-10-39)32(33(38)34(27)41-37)26-16-24(44)13-21-7-4-5-9-25(21)26/h4-5,7,9,13-14,16-17,20,23,29,35,40,44H,3,6,8,11-12,15,18-19H2,1-2H3/t20?,23-,29-,35+/m1/s1. The summed E-state index contributed by atoms with van der Waals surface area (Å²) in [5.41, 5.74) is 3.49. The molecule has 3 aromatic carbocycles. The fourth-order valence-electron chi connectivity index (χ4n) is 8.14. The van der Waals surface area contributed by atoms with E-state index in [9.17, 15) is 15.2 Å². The van der Waals surface area contributed by atoms with Crippen LogP contribution in [0.5, 0.6) is 11.6 Å². The zero-order valence-corrected chi connectivity index (χ0v) is 26.4. The van der Waals surface area contributed by atoms with Gasteiger partial charge in [0.05, 0.1) is 42.3 Å². The Labute approximate surface area is 271 Å². The van der Waals surface area contributed by atoms with Crippen LogP contribution in [-0.2, 0) is 16.0 Å². The summed E-state index contributed by atoms with van der Waals surface area (Å²) in [4.78, 5) is 19.7. The van der Waals surface area contributed by atoms with E-state index in [1.807, 2.05) is 49.1 Å². The molecule has 2 bridgehead atoms. The highest BCUT2D eigenvalue weighted by atomic mass is 19.1. The van der Waals surface area contributed by atoms with E-state index in [2.05, 4.69) is 22.0 Å². The van der Waals surface area contributed by atoms with E-state index in [-0.39, 0.29) is 48.3 Å². The summed E-state index contributed by atoms with van der Waals surface area (Å²) in [7, 11) is 0. The summed E-state index contributed by atoms with van der Waals surface area (Å²) >= 11 is 0. The van der Waals surface area contributed by atoms with Crippen molar-refractivity contribution in [3.63, 3.8) is 0 Å². The van der Waals surface area contributed by atoms with Gasteiger partial charge in [0.2, 0.25) is 11.8 Å². The Bertz CT molecular complexity index is 2110. The number of nitrogens with one attached hydrogen (secondary N) is 1. The number of nitriles is 1. The Morgan fingerprint density at radius 2 is 2.06 bits per heavy atom. The van der Waals surface area contributed by atoms with Crippen LogP contribution in [0.25, 0.3) is 43.7 Å². The summed E-state index contributed by atoms with van der Waals surface area (Å²) in [6.07, 6.45) is 1.58. The molecule has 1 aliphatic carbocycles. The van der Waals surface area contributed by atoms with E-state index in [1.54, 1.807) is 12.1 Å². The van der Waals surface area contributed by atoms with Gasteiger partial charge in [0.15, 0.2) is 5.82 Å². The summed E-state index contributed by atoms with van der Waals surface area (Å²) in [5.74, 6) is 0.193. The van der Waals surface area contributed by atoms with Gasteiger partial charge in [-0.2, -0.15) is 5.26 Å². The Kier molecular flexibility index (Phi) is 7.27. The number of fused-ring (bicyclic) bond motifs is 5. The number of aromatic nitrogens is 2. The third-order valence-electron chi connectivity index (χ3n) is 10.3. The molecule has 1 unspecified atom stereocenters. The second kappa shape index (κ2) is 11.5. The Hall–Kier alpha value is -4.72. The maximum atomic E-state index is 17.4. The summed E-state index contributed by atoms with van der Waals surface area (Å²) in [6.45, 7) is 6.18. The van der Waals surface area contributed by atoms with Crippen LogP contribution in [0.15, 0.2) is 48.5 Å². The van der Waals surface area contributed by atoms with Crippen molar-refractivity contribution in [1.82, 2.24) is 19.8 Å². The summed E-state index contributed by atoms with van der Waals surface area (Å²) < 4.78 is 31.3. The number of carbonyl (C=O) groups is 1. The van der Waals surface area contributed by atoms with Gasteiger partial charge >= 0.3 is 0 Å². The van der Waals surface area contributed by atoms with Gasteiger partial charge in [0.1, 0.15) is 17.9 Å². The van der Waals surface area contributed by atoms with E-state index in [4.69, 9.17) is 14.5 Å². The second-order valence-corrected chi connectivity index (χ2v) is 12.9. The Balaban J connectivity index is 1.46. The monoisotopic (exact) mass is 633 g/mol. The molecule has 4 aliphatic rings. The minimum atomic E-state index is -0.519. The topological polar surface area (TPSA) is 113 Å². The number of hydrogen-bond acceptors (Lipinski definition) is 7. The Morgan fingerprint density at radius 3 is 2.81 bits per heavy atom. The molecule has 5 aromatic rings. The number of nitrogens with zero attached hydrogens (tertiary/aromatic N) is 4. The van der Waals surface area contributed by atoms with Gasteiger partial charge in [-0.05, 0) is 78.8 Å². The van der Waals surface area contributed by atoms with Gasteiger partial charge in [0.25, 0.3) is 0 Å². The van der Waals surface area contributed by atoms with Gasteiger partial charge in [-0.15, -0.1) is 0 Å². The molecule has 4 fully saturated rings. The largest absolute Gasteiger partial charge is 0.508 e. The predicted octanol–water partition coefficient (Wildman–Crippen LogP) is 6.16. The van der Waals surface area contributed by atoms with Gasteiger partial charge in [0, 0.05) is 42.2 Å². The van der Waals surface area contributed by atoms with E-state index >= 15 is 4.39 Å². The number of pyridine rings is 1. The van der Waals surface area contributed by atoms with Gasteiger partial charge in [-0.1, -0.05) is 24.3 Å².